The first-order valence-corrected chi connectivity index (χ1v) is 7.50. The molecule has 0 N–H and O–H groups in total. The molecule has 2 saturated heterocycles. The van der Waals surface area contributed by atoms with Gasteiger partial charge < -0.3 is 19.1 Å². The van der Waals surface area contributed by atoms with Gasteiger partial charge in [0.1, 0.15) is 17.7 Å². The standard InChI is InChI=1S/C15H23N3O3/c1-4-20-13-7-12(16-11-17-13)18-8-14(2,3)21-15(9-18)5-6-19-10-15/h7,11H,4-6,8-10H2,1-3H3. The lowest BCUT2D eigenvalue weighted by atomic mass is 9.95. The maximum atomic E-state index is 6.31. The third-order valence-corrected chi connectivity index (χ3v) is 3.85. The molecule has 1 aromatic rings. The summed E-state index contributed by atoms with van der Waals surface area (Å²) in [6, 6.07) is 1.90. The van der Waals surface area contributed by atoms with Crippen LogP contribution < -0.4 is 9.64 Å². The minimum atomic E-state index is -0.233. The van der Waals surface area contributed by atoms with E-state index in [-0.39, 0.29) is 11.2 Å². The highest BCUT2D eigenvalue weighted by Crippen LogP contribution is 2.36. The quantitative estimate of drug-likeness (QED) is 0.844. The highest BCUT2D eigenvalue weighted by molar-refractivity contribution is 5.42. The van der Waals surface area contributed by atoms with Crippen molar-refractivity contribution in [3.63, 3.8) is 0 Å². The van der Waals surface area contributed by atoms with E-state index in [4.69, 9.17) is 14.2 Å². The minimum Gasteiger partial charge on any atom is -0.478 e. The van der Waals surface area contributed by atoms with Gasteiger partial charge in [0.05, 0.1) is 25.4 Å². The fraction of sp³-hybridized carbons (Fsp3) is 0.733. The van der Waals surface area contributed by atoms with Crippen molar-refractivity contribution in [3.05, 3.63) is 12.4 Å². The molecule has 1 aromatic heterocycles. The van der Waals surface area contributed by atoms with Crippen LogP contribution in [0.2, 0.25) is 0 Å². The van der Waals surface area contributed by atoms with Gasteiger partial charge in [-0.2, -0.15) is 0 Å². The van der Waals surface area contributed by atoms with E-state index >= 15 is 0 Å². The van der Waals surface area contributed by atoms with Crippen LogP contribution in [0.4, 0.5) is 5.82 Å². The number of ether oxygens (including phenoxy) is 3. The summed E-state index contributed by atoms with van der Waals surface area (Å²) in [5, 5.41) is 0. The Kier molecular flexibility index (Phi) is 3.75. The second-order valence-corrected chi connectivity index (χ2v) is 6.35. The molecule has 3 heterocycles. The van der Waals surface area contributed by atoms with E-state index in [1.165, 1.54) is 0 Å². The predicted octanol–water partition coefficient (Wildman–Crippen LogP) is 1.65. The number of nitrogens with zero attached hydrogens (tertiary/aromatic N) is 3. The Morgan fingerprint density at radius 3 is 2.90 bits per heavy atom. The Hall–Kier alpha value is -1.40. The van der Waals surface area contributed by atoms with E-state index in [1.54, 1.807) is 6.33 Å². The molecule has 2 aliphatic heterocycles. The van der Waals surface area contributed by atoms with Crippen LogP contribution in [0.3, 0.4) is 0 Å². The molecule has 6 heteroatoms. The van der Waals surface area contributed by atoms with Gasteiger partial charge in [-0.15, -0.1) is 0 Å². The van der Waals surface area contributed by atoms with Gasteiger partial charge in [0.15, 0.2) is 0 Å². The topological polar surface area (TPSA) is 56.7 Å². The summed E-state index contributed by atoms with van der Waals surface area (Å²) in [7, 11) is 0. The molecule has 0 bridgehead atoms. The molecule has 116 valence electrons. The van der Waals surface area contributed by atoms with E-state index < -0.39 is 0 Å². The van der Waals surface area contributed by atoms with E-state index in [0.29, 0.717) is 19.1 Å². The summed E-state index contributed by atoms with van der Waals surface area (Å²) in [6.45, 7) is 9.77. The zero-order chi connectivity index (χ0) is 14.9. The molecule has 0 aromatic carbocycles. The van der Waals surface area contributed by atoms with E-state index in [1.807, 2.05) is 13.0 Å². The SMILES string of the molecule is CCOc1cc(N2CC(C)(C)OC3(CCOC3)C2)ncn1. The molecule has 21 heavy (non-hydrogen) atoms. The Morgan fingerprint density at radius 2 is 2.19 bits per heavy atom. The van der Waals surface area contributed by atoms with Crippen LogP contribution in [0.5, 0.6) is 5.88 Å². The van der Waals surface area contributed by atoms with Crippen LogP contribution in [-0.2, 0) is 9.47 Å². The van der Waals surface area contributed by atoms with Crippen molar-refractivity contribution in [2.24, 2.45) is 0 Å². The normalized spacial score (nSPS) is 28.0. The smallest absolute Gasteiger partial charge is 0.218 e. The summed E-state index contributed by atoms with van der Waals surface area (Å²) >= 11 is 0. The molecule has 0 aliphatic carbocycles. The molecular weight excluding hydrogens is 270 g/mol. The predicted molar refractivity (Wildman–Crippen MR) is 78.7 cm³/mol. The molecule has 6 nitrogen and oxygen atoms in total. The van der Waals surface area contributed by atoms with E-state index in [2.05, 4.69) is 28.7 Å². The van der Waals surface area contributed by atoms with Crippen LogP contribution in [-0.4, -0.2) is 54.1 Å². The number of anilines is 1. The summed E-state index contributed by atoms with van der Waals surface area (Å²) < 4.78 is 17.4. The molecule has 0 amide bonds. The summed E-state index contributed by atoms with van der Waals surface area (Å²) in [4.78, 5) is 10.8. The van der Waals surface area contributed by atoms with Crippen molar-refractivity contribution in [3.8, 4) is 5.88 Å². The van der Waals surface area contributed by atoms with Crippen LogP contribution in [0.1, 0.15) is 27.2 Å². The maximum absolute atomic E-state index is 6.31. The average Bonchev–Trinajstić information content (AvgIpc) is 2.85. The molecule has 1 atom stereocenters. The van der Waals surface area contributed by atoms with Gasteiger partial charge in [-0.05, 0) is 20.8 Å². The first-order chi connectivity index (χ1) is 10.0. The van der Waals surface area contributed by atoms with Crippen molar-refractivity contribution in [1.82, 2.24) is 9.97 Å². The van der Waals surface area contributed by atoms with Crippen molar-refractivity contribution < 1.29 is 14.2 Å². The van der Waals surface area contributed by atoms with Gasteiger partial charge >= 0.3 is 0 Å². The van der Waals surface area contributed by atoms with Crippen molar-refractivity contribution in [2.75, 3.05) is 37.8 Å². The lowest BCUT2D eigenvalue weighted by Crippen LogP contribution is -2.60. The van der Waals surface area contributed by atoms with Crippen molar-refractivity contribution >= 4 is 5.82 Å². The van der Waals surface area contributed by atoms with Gasteiger partial charge in [0.25, 0.3) is 0 Å². The zero-order valence-corrected chi connectivity index (χ0v) is 13.0. The Balaban J connectivity index is 1.85. The first kappa shape index (κ1) is 14.5. The lowest BCUT2D eigenvalue weighted by Gasteiger charge is -2.48. The average molecular weight is 293 g/mol. The summed E-state index contributed by atoms with van der Waals surface area (Å²) in [5.41, 5.74) is -0.457. The van der Waals surface area contributed by atoms with Gasteiger partial charge in [-0.25, -0.2) is 9.97 Å². The van der Waals surface area contributed by atoms with Crippen LogP contribution >= 0.6 is 0 Å². The molecule has 0 saturated carbocycles. The van der Waals surface area contributed by atoms with E-state index in [9.17, 15) is 0 Å². The Bertz CT molecular complexity index is 501. The molecule has 2 aliphatic rings. The number of aromatic nitrogens is 2. The molecular formula is C15H23N3O3. The number of hydrogen-bond acceptors (Lipinski definition) is 6. The highest BCUT2D eigenvalue weighted by atomic mass is 16.6. The number of rotatable bonds is 3. The van der Waals surface area contributed by atoms with Crippen LogP contribution in [0.15, 0.2) is 12.4 Å². The van der Waals surface area contributed by atoms with Crippen LogP contribution in [0, 0.1) is 0 Å². The fourth-order valence-electron chi connectivity index (χ4n) is 3.20. The third kappa shape index (κ3) is 3.11. The Morgan fingerprint density at radius 1 is 1.33 bits per heavy atom. The largest absolute Gasteiger partial charge is 0.478 e. The molecule has 3 rings (SSSR count). The first-order valence-electron chi connectivity index (χ1n) is 7.50. The van der Waals surface area contributed by atoms with Crippen molar-refractivity contribution in [2.45, 2.75) is 38.4 Å². The van der Waals surface area contributed by atoms with Gasteiger partial charge in [0, 0.05) is 25.6 Å². The third-order valence-electron chi connectivity index (χ3n) is 3.85. The van der Waals surface area contributed by atoms with Gasteiger partial charge in [0.2, 0.25) is 5.88 Å². The fourth-order valence-corrected chi connectivity index (χ4v) is 3.20. The minimum absolute atomic E-state index is 0.224. The second-order valence-electron chi connectivity index (χ2n) is 6.35. The lowest BCUT2D eigenvalue weighted by molar-refractivity contribution is -0.151. The zero-order valence-electron chi connectivity index (χ0n) is 13.0. The molecule has 1 unspecified atom stereocenters. The summed E-state index contributed by atoms with van der Waals surface area (Å²) in [6.07, 6.45) is 2.48. The Labute approximate surface area is 125 Å². The molecule has 2 fully saturated rings. The number of hydrogen-bond donors (Lipinski definition) is 0. The summed E-state index contributed by atoms with van der Waals surface area (Å²) in [5.74, 6) is 1.50. The second kappa shape index (κ2) is 5.42. The molecule has 0 radical (unpaired) electrons. The van der Waals surface area contributed by atoms with Gasteiger partial charge in [-0.3, -0.25) is 0 Å². The monoisotopic (exact) mass is 293 g/mol. The van der Waals surface area contributed by atoms with Crippen LogP contribution in [0.25, 0.3) is 0 Å². The molecule has 1 spiro atoms. The maximum Gasteiger partial charge on any atom is 0.218 e. The number of morpholine rings is 1. The van der Waals surface area contributed by atoms with Gasteiger partial charge in [-0.1, -0.05) is 0 Å². The van der Waals surface area contributed by atoms with Crippen molar-refractivity contribution in [1.29, 1.82) is 0 Å². The van der Waals surface area contributed by atoms with E-state index in [0.717, 1.165) is 31.9 Å². The highest BCUT2D eigenvalue weighted by Gasteiger charge is 2.47.